The lowest BCUT2D eigenvalue weighted by atomic mass is 10.1. The van der Waals surface area contributed by atoms with Gasteiger partial charge < -0.3 is 5.32 Å². The van der Waals surface area contributed by atoms with Crippen molar-refractivity contribution in [2.45, 2.75) is 19.9 Å². The monoisotopic (exact) mass is 366 g/mol. The van der Waals surface area contributed by atoms with Gasteiger partial charge in [0.2, 0.25) is 0 Å². The fourth-order valence-electron chi connectivity index (χ4n) is 2.60. The maximum Gasteiger partial charge on any atom is 0.276 e. The molecule has 0 spiro atoms. The SMILES string of the molecule is CC(C)n1nc(C(=O)Nc2ccc(C#N)c(Cl)c2)c2ccccc2c1=O. The molecule has 0 bridgehead atoms. The summed E-state index contributed by atoms with van der Waals surface area (Å²) in [4.78, 5) is 25.3. The topological polar surface area (TPSA) is 87.8 Å². The molecule has 0 aliphatic rings. The highest BCUT2D eigenvalue weighted by Gasteiger charge is 2.18. The number of amides is 1. The van der Waals surface area contributed by atoms with E-state index in [1.54, 1.807) is 30.3 Å². The van der Waals surface area contributed by atoms with Gasteiger partial charge in [-0.05, 0) is 38.1 Å². The number of hydrogen-bond acceptors (Lipinski definition) is 4. The molecule has 0 unspecified atom stereocenters. The average Bonchev–Trinajstić information content (AvgIpc) is 2.62. The van der Waals surface area contributed by atoms with Crippen LogP contribution in [0.3, 0.4) is 0 Å². The molecule has 0 saturated heterocycles. The van der Waals surface area contributed by atoms with E-state index in [1.165, 1.54) is 16.8 Å². The van der Waals surface area contributed by atoms with E-state index in [2.05, 4.69) is 10.4 Å². The lowest BCUT2D eigenvalue weighted by Gasteiger charge is -2.13. The van der Waals surface area contributed by atoms with Gasteiger partial charge in [0.15, 0.2) is 5.69 Å². The van der Waals surface area contributed by atoms with Gasteiger partial charge in [-0.2, -0.15) is 10.4 Å². The van der Waals surface area contributed by atoms with Crippen LogP contribution in [0.1, 0.15) is 35.9 Å². The molecule has 26 heavy (non-hydrogen) atoms. The maximum atomic E-state index is 12.8. The molecule has 0 fully saturated rings. The molecule has 3 aromatic rings. The maximum absolute atomic E-state index is 12.8. The van der Waals surface area contributed by atoms with Crippen LogP contribution in [-0.4, -0.2) is 15.7 Å². The predicted octanol–water partition coefficient (Wildman–Crippen LogP) is 3.75. The molecule has 1 heterocycles. The molecule has 6 nitrogen and oxygen atoms in total. The second-order valence-corrected chi connectivity index (χ2v) is 6.41. The summed E-state index contributed by atoms with van der Waals surface area (Å²) in [6, 6.07) is 13.2. The second kappa shape index (κ2) is 6.98. The fraction of sp³-hybridized carbons (Fsp3) is 0.158. The highest BCUT2D eigenvalue weighted by Crippen LogP contribution is 2.22. The van der Waals surface area contributed by atoms with E-state index in [0.29, 0.717) is 22.0 Å². The van der Waals surface area contributed by atoms with E-state index in [0.717, 1.165) is 0 Å². The van der Waals surface area contributed by atoms with Crippen LogP contribution >= 0.6 is 11.6 Å². The standard InChI is InChI=1S/C19H15ClN4O2/c1-11(2)24-19(26)15-6-4-3-5-14(15)17(23-24)18(25)22-13-8-7-12(10-21)16(20)9-13/h3-9,11H,1-2H3,(H,22,25). The summed E-state index contributed by atoms with van der Waals surface area (Å²) in [7, 11) is 0. The van der Waals surface area contributed by atoms with E-state index < -0.39 is 5.91 Å². The minimum absolute atomic E-state index is 0.148. The smallest absolute Gasteiger partial charge is 0.276 e. The normalized spacial score (nSPS) is 10.7. The number of fused-ring (bicyclic) bond motifs is 1. The third-order valence-corrected chi connectivity index (χ3v) is 4.19. The van der Waals surface area contributed by atoms with Crippen molar-refractivity contribution in [2.24, 2.45) is 0 Å². The number of benzene rings is 2. The van der Waals surface area contributed by atoms with Crippen molar-refractivity contribution in [3.63, 3.8) is 0 Å². The van der Waals surface area contributed by atoms with Crippen molar-refractivity contribution in [1.29, 1.82) is 5.26 Å². The van der Waals surface area contributed by atoms with E-state index in [9.17, 15) is 9.59 Å². The van der Waals surface area contributed by atoms with Crippen LogP contribution in [-0.2, 0) is 0 Å². The summed E-state index contributed by atoms with van der Waals surface area (Å²) in [6.45, 7) is 3.65. The van der Waals surface area contributed by atoms with E-state index in [-0.39, 0.29) is 22.3 Å². The number of carbonyl (C=O) groups excluding carboxylic acids is 1. The van der Waals surface area contributed by atoms with Crippen molar-refractivity contribution in [1.82, 2.24) is 9.78 Å². The summed E-state index contributed by atoms with van der Waals surface area (Å²) in [5.74, 6) is -0.462. The molecule has 0 aliphatic heterocycles. The minimum atomic E-state index is -0.462. The number of halogens is 1. The van der Waals surface area contributed by atoms with Gasteiger partial charge in [0, 0.05) is 11.1 Å². The number of hydrogen-bond donors (Lipinski definition) is 1. The first kappa shape index (κ1) is 17.6. The van der Waals surface area contributed by atoms with Gasteiger partial charge in [-0.1, -0.05) is 29.8 Å². The quantitative estimate of drug-likeness (QED) is 0.764. The Morgan fingerprint density at radius 3 is 2.54 bits per heavy atom. The molecule has 130 valence electrons. The van der Waals surface area contributed by atoms with Gasteiger partial charge >= 0.3 is 0 Å². The Labute approximate surface area is 154 Å². The first-order valence-electron chi connectivity index (χ1n) is 7.95. The number of rotatable bonds is 3. The molecule has 1 amide bonds. The zero-order chi connectivity index (χ0) is 18.8. The molecule has 1 aromatic heterocycles. The van der Waals surface area contributed by atoms with Crippen molar-refractivity contribution >= 4 is 34.0 Å². The molecule has 0 aliphatic carbocycles. The summed E-state index contributed by atoms with van der Waals surface area (Å²) >= 11 is 6.01. The van der Waals surface area contributed by atoms with Gasteiger partial charge in [0.1, 0.15) is 6.07 Å². The van der Waals surface area contributed by atoms with E-state index >= 15 is 0 Å². The van der Waals surface area contributed by atoms with Crippen LogP contribution in [0, 0.1) is 11.3 Å². The third kappa shape index (κ3) is 3.17. The molecule has 0 radical (unpaired) electrons. The first-order valence-corrected chi connectivity index (χ1v) is 8.32. The van der Waals surface area contributed by atoms with Gasteiger partial charge in [-0.15, -0.1) is 0 Å². The number of nitrogens with one attached hydrogen (secondary N) is 1. The Balaban J connectivity index is 2.08. The summed E-state index contributed by atoms with van der Waals surface area (Å²) < 4.78 is 1.29. The van der Waals surface area contributed by atoms with E-state index in [1.807, 2.05) is 19.9 Å². The Hall–Kier alpha value is -3.17. The lowest BCUT2D eigenvalue weighted by Crippen LogP contribution is -2.28. The molecule has 3 rings (SSSR count). The van der Waals surface area contributed by atoms with Crippen molar-refractivity contribution < 1.29 is 4.79 Å². The molecule has 7 heteroatoms. The van der Waals surface area contributed by atoms with Crippen LogP contribution in [0.25, 0.3) is 10.8 Å². The first-order chi connectivity index (χ1) is 12.4. The number of nitrogens with zero attached hydrogens (tertiary/aromatic N) is 3. The molecular weight excluding hydrogens is 352 g/mol. The van der Waals surface area contributed by atoms with Gasteiger partial charge in [0.25, 0.3) is 11.5 Å². The predicted molar refractivity (Wildman–Crippen MR) is 101 cm³/mol. The molecule has 2 aromatic carbocycles. The van der Waals surface area contributed by atoms with E-state index in [4.69, 9.17) is 16.9 Å². The van der Waals surface area contributed by atoms with Crippen LogP contribution in [0.15, 0.2) is 47.3 Å². The zero-order valence-corrected chi connectivity index (χ0v) is 14.9. The van der Waals surface area contributed by atoms with Crippen LogP contribution in [0.4, 0.5) is 5.69 Å². The van der Waals surface area contributed by atoms with Gasteiger partial charge in [-0.25, -0.2) is 4.68 Å². The van der Waals surface area contributed by atoms with Crippen LogP contribution in [0.2, 0.25) is 5.02 Å². The Morgan fingerprint density at radius 1 is 1.23 bits per heavy atom. The number of anilines is 1. The van der Waals surface area contributed by atoms with Crippen LogP contribution in [0.5, 0.6) is 0 Å². The molecule has 0 saturated carbocycles. The lowest BCUT2D eigenvalue weighted by molar-refractivity contribution is 0.102. The zero-order valence-electron chi connectivity index (χ0n) is 14.2. The Kier molecular flexibility index (Phi) is 4.74. The van der Waals surface area contributed by atoms with Gasteiger partial charge in [-0.3, -0.25) is 9.59 Å². The largest absolute Gasteiger partial charge is 0.321 e. The number of aromatic nitrogens is 2. The Morgan fingerprint density at radius 2 is 1.92 bits per heavy atom. The second-order valence-electron chi connectivity index (χ2n) is 6.00. The summed E-state index contributed by atoms with van der Waals surface area (Å²) in [6.07, 6.45) is 0. The van der Waals surface area contributed by atoms with Crippen LogP contribution < -0.4 is 10.9 Å². The molecule has 0 atom stereocenters. The molecule has 1 N–H and O–H groups in total. The van der Waals surface area contributed by atoms with Crippen molar-refractivity contribution in [3.8, 4) is 6.07 Å². The van der Waals surface area contributed by atoms with Crippen molar-refractivity contribution in [3.05, 3.63) is 69.1 Å². The van der Waals surface area contributed by atoms with Gasteiger partial charge in [0.05, 0.1) is 22.0 Å². The molecular formula is C19H15ClN4O2. The highest BCUT2D eigenvalue weighted by molar-refractivity contribution is 6.32. The summed E-state index contributed by atoms with van der Waals surface area (Å²) in [5.41, 5.74) is 0.664. The average molecular weight is 367 g/mol. The number of nitriles is 1. The highest BCUT2D eigenvalue weighted by atomic mass is 35.5. The minimum Gasteiger partial charge on any atom is -0.321 e. The Bertz CT molecular complexity index is 1110. The van der Waals surface area contributed by atoms with Crippen molar-refractivity contribution in [2.75, 3.05) is 5.32 Å². The number of carbonyl (C=O) groups is 1. The summed E-state index contributed by atoms with van der Waals surface area (Å²) in [5, 5.41) is 17.1. The third-order valence-electron chi connectivity index (χ3n) is 3.88. The fourth-order valence-corrected chi connectivity index (χ4v) is 2.82.